The molecule has 1 aliphatic heterocycles. The summed E-state index contributed by atoms with van der Waals surface area (Å²) in [6.07, 6.45) is -1.85. The molecule has 2 fully saturated rings. The van der Waals surface area contributed by atoms with Crippen LogP contribution in [0.5, 0.6) is 0 Å². The molecule has 2 aliphatic rings. The molecule has 1 heterocycles. The first kappa shape index (κ1) is 13.6. The summed E-state index contributed by atoms with van der Waals surface area (Å²) in [5.41, 5.74) is 5.27. The van der Waals surface area contributed by atoms with Gasteiger partial charge in [0.25, 0.3) is 0 Å². The van der Waals surface area contributed by atoms with Crippen LogP contribution in [0.3, 0.4) is 0 Å². The van der Waals surface area contributed by atoms with Crippen LogP contribution in [0, 0.1) is 11.3 Å². The summed E-state index contributed by atoms with van der Waals surface area (Å²) in [7, 11) is 0. The molecule has 18 heavy (non-hydrogen) atoms. The number of amides is 1. The van der Waals surface area contributed by atoms with Crippen molar-refractivity contribution < 1.29 is 18.0 Å². The molecular weight excluding hydrogens is 245 g/mol. The summed E-state index contributed by atoms with van der Waals surface area (Å²) < 4.78 is 37.8. The monoisotopic (exact) mass is 264 g/mol. The molecule has 3 atom stereocenters. The average Bonchev–Trinajstić information content (AvgIpc) is 2.86. The van der Waals surface area contributed by atoms with Crippen molar-refractivity contribution in [3.63, 3.8) is 0 Å². The number of nitrogens with zero attached hydrogens (tertiary/aromatic N) is 1. The molecule has 6 heteroatoms. The van der Waals surface area contributed by atoms with Gasteiger partial charge in [-0.1, -0.05) is 6.42 Å². The molecule has 0 bridgehead atoms. The van der Waals surface area contributed by atoms with E-state index < -0.39 is 17.5 Å². The highest BCUT2D eigenvalue weighted by atomic mass is 19.4. The van der Waals surface area contributed by atoms with Gasteiger partial charge in [-0.05, 0) is 26.2 Å². The highest BCUT2D eigenvalue weighted by molar-refractivity contribution is 5.83. The Morgan fingerprint density at radius 3 is 2.50 bits per heavy atom. The van der Waals surface area contributed by atoms with E-state index in [2.05, 4.69) is 0 Å². The topological polar surface area (TPSA) is 46.3 Å². The van der Waals surface area contributed by atoms with Gasteiger partial charge >= 0.3 is 6.18 Å². The number of hydrogen-bond donors (Lipinski definition) is 1. The summed E-state index contributed by atoms with van der Waals surface area (Å²) in [4.78, 5) is 13.7. The van der Waals surface area contributed by atoms with Crippen molar-refractivity contribution in [3.05, 3.63) is 0 Å². The van der Waals surface area contributed by atoms with E-state index in [9.17, 15) is 18.0 Å². The Morgan fingerprint density at radius 1 is 1.39 bits per heavy atom. The van der Waals surface area contributed by atoms with E-state index in [1.54, 1.807) is 6.92 Å². The zero-order valence-electron chi connectivity index (χ0n) is 10.5. The van der Waals surface area contributed by atoms with Gasteiger partial charge in [0.05, 0.1) is 11.3 Å². The van der Waals surface area contributed by atoms with Crippen molar-refractivity contribution in [3.8, 4) is 0 Å². The van der Waals surface area contributed by atoms with Crippen molar-refractivity contribution in [1.82, 2.24) is 4.90 Å². The fourth-order valence-electron chi connectivity index (χ4n) is 3.03. The van der Waals surface area contributed by atoms with Crippen molar-refractivity contribution in [2.75, 3.05) is 13.1 Å². The summed E-state index contributed by atoms with van der Waals surface area (Å²) in [6, 6.07) is -0.227. The molecule has 0 aromatic carbocycles. The number of hydrogen-bond acceptors (Lipinski definition) is 2. The van der Waals surface area contributed by atoms with E-state index >= 15 is 0 Å². The maximum atomic E-state index is 12.6. The van der Waals surface area contributed by atoms with Crippen LogP contribution >= 0.6 is 0 Å². The van der Waals surface area contributed by atoms with Gasteiger partial charge in [0.1, 0.15) is 0 Å². The van der Waals surface area contributed by atoms with Gasteiger partial charge in [0, 0.05) is 19.1 Å². The van der Waals surface area contributed by atoms with Crippen molar-refractivity contribution >= 4 is 5.91 Å². The first-order valence-corrected chi connectivity index (χ1v) is 6.37. The Bertz CT molecular complexity index is 345. The van der Waals surface area contributed by atoms with Gasteiger partial charge in [0.2, 0.25) is 5.91 Å². The molecule has 3 nitrogen and oxygen atoms in total. The van der Waals surface area contributed by atoms with E-state index in [0.717, 1.165) is 12.8 Å². The second-order valence-electron chi connectivity index (χ2n) is 5.69. The lowest BCUT2D eigenvalue weighted by atomic mass is 9.83. The smallest absolute Gasteiger partial charge is 0.342 e. The zero-order chi connectivity index (χ0) is 13.6. The van der Waals surface area contributed by atoms with Crippen molar-refractivity contribution in [2.45, 2.75) is 44.8 Å². The summed E-state index contributed by atoms with van der Waals surface area (Å²) in [6.45, 7) is 1.78. The maximum Gasteiger partial charge on any atom is 0.393 e. The van der Waals surface area contributed by atoms with Gasteiger partial charge in [0.15, 0.2) is 0 Å². The molecule has 1 amide bonds. The first-order valence-electron chi connectivity index (χ1n) is 6.37. The lowest BCUT2D eigenvalue weighted by molar-refractivity contribution is -0.171. The molecule has 1 aliphatic carbocycles. The number of carbonyl (C=O) groups is 1. The third-order valence-corrected chi connectivity index (χ3v) is 4.46. The second kappa shape index (κ2) is 4.40. The predicted octanol–water partition coefficient (Wildman–Crippen LogP) is 1.91. The molecule has 2 rings (SSSR count). The van der Waals surface area contributed by atoms with Crippen LogP contribution in [0.25, 0.3) is 0 Å². The number of likely N-dealkylation sites (tertiary alicyclic amines) is 1. The van der Waals surface area contributed by atoms with Crippen LogP contribution in [0.2, 0.25) is 0 Å². The predicted molar refractivity (Wildman–Crippen MR) is 60.7 cm³/mol. The maximum absolute atomic E-state index is 12.6. The largest absolute Gasteiger partial charge is 0.393 e. The lowest BCUT2D eigenvalue weighted by Crippen LogP contribution is -2.48. The molecule has 3 unspecified atom stereocenters. The number of alkyl halides is 3. The SMILES string of the molecule is CC1(C(=O)N2CCC(C(F)(F)F)C2)CCCC1N. The van der Waals surface area contributed by atoms with E-state index in [-0.39, 0.29) is 31.5 Å². The van der Waals surface area contributed by atoms with Gasteiger partial charge in [-0.2, -0.15) is 13.2 Å². The van der Waals surface area contributed by atoms with Crippen LogP contribution in [0.4, 0.5) is 13.2 Å². The molecule has 0 aromatic heterocycles. The molecular formula is C12H19F3N2O. The van der Waals surface area contributed by atoms with E-state index in [0.29, 0.717) is 6.42 Å². The summed E-state index contributed by atoms with van der Waals surface area (Å²) in [5, 5.41) is 0. The number of nitrogens with two attached hydrogens (primary N) is 1. The minimum atomic E-state index is -4.20. The quantitative estimate of drug-likeness (QED) is 0.786. The third-order valence-electron chi connectivity index (χ3n) is 4.46. The van der Waals surface area contributed by atoms with Gasteiger partial charge in [-0.15, -0.1) is 0 Å². The minimum absolute atomic E-state index is 0.0144. The molecule has 0 aromatic rings. The molecule has 2 N–H and O–H groups in total. The molecule has 1 saturated carbocycles. The normalized spacial score (nSPS) is 37.3. The Balaban J connectivity index is 2.04. The highest BCUT2D eigenvalue weighted by Crippen LogP contribution is 2.41. The first-order chi connectivity index (χ1) is 8.25. The van der Waals surface area contributed by atoms with E-state index in [4.69, 9.17) is 5.73 Å². The Morgan fingerprint density at radius 2 is 2.06 bits per heavy atom. The molecule has 0 radical (unpaired) electrons. The highest BCUT2D eigenvalue weighted by Gasteiger charge is 2.50. The molecule has 0 spiro atoms. The Labute approximate surface area is 104 Å². The lowest BCUT2D eigenvalue weighted by Gasteiger charge is -2.32. The van der Waals surface area contributed by atoms with Crippen LogP contribution < -0.4 is 5.73 Å². The number of rotatable bonds is 1. The number of carbonyl (C=O) groups excluding carboxylic acids is 1. The standard InChI is InChI=1S/C12H19F3N2O/c1-11(5-2-3-9(11)16)10(18)17-6-4-8(7-17)12(13,14)15/h8-9H,2-7,16H2,1H3. The van der Waals surface area contributed by atoms with E-state index in [1.165, 1.54) is 4.90 Å². The fourth-order valence-corrected chi connectivity index (χ4v) is 3.03. The summed E-state index contributed by atoms with van der Waals surface area (Å²) in [5.74, 6) is -1.57. The Hall–Kier alpha value is -0.780. The van der Waals surface area contributed by atoms with Crippen LogP contribution in [0.15, 0.2) is 0 Å². The van der Waals surface area contributed by atoms with Crippen LogP contribution in [-0.4, -0.2) is 36.1 Å². The van der Waals surface area contributed by atoms with Crippen LogP contribution in [0.1, 0.15) is 32.6 Å². The minimum Gasteiger partial charge on any atom is -0.342 e. The van der Waals surface area contributed by atoms with Crippen molar-refractivity contribution in [1.29, 1.82) is 0 Å². The van der Waals surface area contributed by atoms with Crippen molar-refractivity contribution in [2.24, 2.45) is 17.1 Å². The zero-order valence-corrected chi connectivity index (χ0v) is 10.5. The van der Waals surface area contributed by atoms with Gasteiger partial charge < -0.3 is 10.6 Å². The second-order valence-corrected chi connectivity index (χ2v) is 5.69. The number of halogens is 3. The van der Waals surface area contributed by atoms with Crippen LogP contribution in [-0.2, 0) is 4.79 Å². The molecule has 104 valence electrons. The molecule has 1 saturated heterocycles. The fraction of sp³-hybridized carbons (Fsp3) is 0.917. The van der Waals surface area contributed by atoms with E-state index in [1.807, 2.05) is 0 Å². The van der Waals surface area contributed by atoms with Gasteiger partial charge in [-0.3, -0.25) is 4.79 Å². The average molecular weight is 264 g/mol. The summed E-state index contributed by atoms with van der Waals surface area (Å²) >= 11 is 0. The third kappa shape index (κ3) is 2.22. The Kier molecular flexibility index (Phi) is 3.34. The van der Waals surface area contributed by atoms with Gasteiger partial charge in [-0.25, -0.2) is 0 Å².